The summed E-state index contributed by atoms with van der Waals surface area (Å²) in [6.45, 7) is 10.0. The van der Waals surface area contributed by atoms with E-state index >= 15 is 0 Å². The molecule has 0 spiro atoms. The standard InChI is InChI=1S/C40H54F2N6O9S/c1-21-28-20-48(29(21)32(49)46-40(19-24(40)31(41)42)35(51)47-58(53,54)38(5)15-16-38)34(50)30(37(2,3)4)45-36(52)57-39(6)18-22(39)11-9-8-10-12-26-33(56-28)44-27-17-23(55-7)13-14-25(27)43-26/h13-14,17,21-22,24,28-31H,8-12,15-16,18-20H2,1-7H3,(H,45,52)(H,46,49)(H,47,51)/t21-,22+,24?,28+,29+,30-,39+,40-/m1/s1. The van der Waals surface area contributed by atoms with Crippen LogP contribution >= 0.6 is 0 Å². The van der Waals surface area contributed by atoms with Gasteiger partial charge in [-0.15, -0.1) is 0 Å². The number of alkyl halides is 2. The van der Waals surface area contributed by atoms with Crippen LogP contribution in [0.4, 0.5) is 13.6 Å². The lowest BCUT2D eigenvalue weighted by molar-refractivity contribution is -0.143. The third-order valence-corrected chi connectivity index (χ3v) is 15.1. The molecule has 3 saturated carbocycles. The summed E-state index contributed by atoms with van der Waals surface area (Å²) < 4.78 is 73.4. The Kier molecular flexibility index (Phi) is 10.6. The first-order valence-electron chi connectivity index (χ1n) is 20.1. The molecule has 1 unspecified atom stereocenters. The summed E-state index contributed by atoms with van der Waals surface area (Å²) in [6.07, 6.45) is -0.133. The lowest BCUT2D eigenvalue weighted by Gasteiger charge is -2.36. The Morgan fingerprint density at radius 2 is 1.79 bits per heavy atom. The molecule has 18 heteroatoms. The van der Waals surface area contributed by atoms with E-state index in [2.05, 4.69) is 10.6 Å². The van der Waals surface area contributed by atoms with Gasteiger partial charge in [-0.1, -0.05) is 40.5 Å². The zero-order valence-corrected chi connectivity index (χ0v) is 34.8. The second-order valence-electron chi connectivity index (χ2n) is 18.4. The van der Waals surface area contributed by atoms with Gasteiger partial charge in [0.2, 0.25) is 34.1 Å². The van der Waals surface area contributed by atoms with Crippen molar-refractivity contribution in [3.05, 3.63) is 23.9 Å². The number of alkyl carbamates (subject to hydrolysis) is 1. The number of hydrogen-bond acceptors (Lipinski definition) is 11. The summed E-state index contributed by atoms with van der Waals surface area (Å²) in [6, 6.07) is 2.67. The van der Waals surface area contributed by atoms with E-state index in [1.165, 1.54) is 18.9 Å². The highest BCUT2D eigenvalue weighted by molar-refractivity contribution is 7.91. The van der Waals surface area contributed by atoms with Crippen molar-refractivity contribution in [2.24, 2.45) is 23.2 Å². The molecule has 3 N–H and O–H groups in total. The number of aryl methyl sites for hydroxylation is 1. The summed E-state index contributed by atoms with van der Waals surface area (Å²) in [5.41, 5.74) is -2.17. The number of ether oxygens (including phenoxy) is 3. The van der Waals surface area contributed by atoms with Crippen molar-refractivity contribution in [3.8, 4) is 11.6 Å². The molecule has 15 nitrogen and oxygen atoms in total. The van der Waals surface area contributed by atoms with Gasteiger partial charge in [-0.2, -0.15) is 0 Å². The first-order valence-corrected chi connectivity index (χ1v) is 21.6. The van der Waals surface area contributed by atoms with E-state index in [0.29, 0.717) is 48.2 Å². The van der Waals surface area contributed by atoms with E-state index in [9.17, 15) is 36.4 Å². The molecule has 4 fully saturated rings. The van der Waals surface area contributed by atoms with Crippen LogP contribution in [0.15, 0.2) is 18.2 Å². The van der Waals surface area contributed by atoms with Crippen LogP contribution in [0, 0.1) is 23.2 Å². The Morgan fingerprint density at radius 3 is 2.43 bits per heavy atom. The van der Waals surface area contributed by atoms with Crippen LogP contribution in [-0.4, -0.2) is 101 Å². The van der Waals surface area contributed by atoms with Gasteiger partial charge in [-0.25, -0.2) is 32.0 Å². The van der Waals surface area contributed by atoms with Crippen molar-refractivity contribution in [2.75, 3.05) is 13.7 Å². The van der Waals surface area contributed by atoms with Crippen molar-refractivity contribution in [1.82, 2.24) is 30.2 Å². The number of halogens is 2. The van der Waals surface area contributed by atoms with Crippen LogP contribution in [0.1, 0.15) is 98.6 Å². The predicted octanol–water partition coefficient (Wildman–Crippen LogP) is 4.41. The highest BCUT2D eigenvalue weighted by atomic mass is 32.2. The minimum atomic E-state index is -4.24. The van der Waals surface area contributed by atoms with E-state index in [-0.39, 0.29) is 18.3 Å². The van der Waals surface area contributed by atoms with Crippen molar-refractivity contribution in [3.63, 3.8) is 0 Å². The van der Waals surface area contributed by atoms with Gasteiger partial charge in [0.05, 0.1) is 35.4 Å². The molecule has 8 atom stereocenters. The maximum Gasteiger partial charge on any atom is 0.408 e. The third kappa shape index (κ3) is 7.88. The molecule has 2 bridgehead atoms. The quantitative estimate of drug-likeness (QED) is 0.358. The first kappa shape index (κ1) is 41.8. The van der Waals surface area contributed by atoms with E-state index in [1.807, 2.05) is 11.6 Å². The molecule has 2 aromatic rings. The monoisotopic (exact) mass is 832 g/mol. The molecule has 318 valence electrons. The third-order valence-electron chi connectivity index (χ3n) is 12.9. The normalized spacial score (nSPS) is 32.3. The van der Waals surface area contributed by atoms with Gasteiger partial charge in [-0.05, 0) is 76.3 Å². The number of hydrogen-bond donors (Lipinski definition) is 3. The number of nitrogens with one attached hydrogen (secondary N) is 3. The molecule has 5 aliphatic rings. The van der Waals surface area contributed by atoms with Gasteiger partial charge >= 0.3 is 6.09 Å². The maximum absolute atomic E-state index is 14.8. The first-order chi connectivity index (χ1) is 27.1. The minimum absolute atomic E-state index is 0.148. The molecule has 0 radical (unpaired) electrons. The molecule has 2 aliphatic heterocycles. The number of benzene rings is 1. The molecular formula is C40H54F2N6O9S. The van der Waals surface area contributed by atoms with Crippen LogP contribution in [0.5, 0.6) is 11.6 Å². The van der Waals surface area contributed by atoms with Gasteiger partial charge in [0.25, 0.3) is 5.91 Å². The van der Waals surface area contributed by atoms with Crippen LogP contribution in [-0.2, 0) is 35.6 Å². The fourth-order valence-corrected chi connectivity index (χ4v) is 9.73. The van der Waals surface area contributed by atoms with Gasteiger partial charge in [-0.3, -0.25) is 19.1 Å². The van der Waals surface area contributed by atoms with Gasteiger partial charge < -0.3 is 29.7 Å². The molecule has 3 aliphatic carbocycles. The average Bonchev–Trinajstić information content (AvgIpc) is 4.09. The highest BCUT2D eigenvalue weighted by Gasteiger charge is 2.68. The fraction of sp³-hybridized carbons (Fsp3) is 0.700. The molecule has 4 amide bonds. The Morgan fingerprint density at radius 1 is 1.07 bits per heavy atom. The molecular weight excluding hydrogens is 779 g/mol. The zero-order valence-electron chi connectivity index (χ0n) is 34.0. The number of carbonyl (C=O) groups excluding carboxylic acids is 4. The van der Waals surface area contributed by atoms with Gasteiger partial charge in [0.15, 0.2) is 0 Å². The lowest BCUT2D eigenvalue weighted by Crippen LogP contribution is -2.61. The number of rotatable bonds is 7. The Hall–Kier alpha value is -4.35. The summed E-state index contributed by atoms with van der Waals surface area (Å²) >= 11 is 0. The van der Waals surface area contributed by atoms with Gasteiger partial charge in [0, 0.05) is 17.9 Å². The molecule has 58 heavy (non-hydrogen) atoms. The van der Waals surface area contributed by atoms with E-state index in [1.54, 1.807) is 45.9 Å². The van der Waals surface area contributed by atoms with Crippen molar-refractivity contribution in [1.29, 1.82) is 0 Å². The summed E-state index contributed by atoms with van der Waals surface area (Å²) in [7, 11) is -2.71. The topological polar surface area (TPSA) is 195 Å². The Balaban J connectivity index is 1.26. The number of fused-ring (bicyclic) bond motifs is 5. The van der Waals surface area contributed by atoms with E-state index in [0.717, 1.165) is 25.7 Å². The van der Waals surface area contributed by atoms with Crippen molar-refractivity contribution < 1.29 is 50.6 Å². The van der Waals surface area contributed by atoms with E-state index < -0.39 is 98.0 Å². The lowest BCUT2D eigenvalue weighted by atomic mass is 9.85. The molecule has 1 aromatic heterocycles. The molecule has 7 rings (SSSR count). The van der Waals surface area contributed by atoms with Crippen molar-refractivity contribution >= 4 is 44.9 Å². The number of amides is 4. The van der Waals surface area contributed by atoms with Gasteiger partial charge in [0.1, 0.15) is 40.8 Å². The van der Waals surface area contributed by atoms with E-state index in [4.69, 9.17) is 24.2 Å². The smallest absolute Gasteiger partial charge is 0.408 e. The predicted molar refractivity (Wildman–Crippen MR) is 206 cm³/mol. The summed E-state index contributed by atoms with van der Waals surface area (Å²) in [4.78, 5) is 67.4. The SMILES string of the molecule is COc1ccc2nc3c(nc2c1)O[C@H]1CN(C(=O)[C@H](C(C)(C)C)NC(=O)O[C@@]2(C)C[C@@H]2CCCCC3)[C@H](C(=O)N[C@]2(C(=O)NS(=O)(=O)C3(C)CC3)CC2C(F)F)[C@@H]1C. The molecule has 3 heterocycles. The van der Waals surface area contributed by atoms with Crippen LogP contribution in [0.3, 0.4) is 0 Å². The van der Waals surface area contributed by atoms with Crippen LogP contribution in [0.2, 0.25) is 0 Å². The Labute approximate surface area is 337 Å². The number of methoxy groups -OCH3 is 1. The van der Waals surface area contributed by atoms with Crippen LogP contribution < -0.4 is 24.8 Å². The fourth-order valence-electron chi connectivity index (χ4n) is 8.42. The second kappa shape index (κ2) is 14.7. The summed E-state index contributed by atoms with van der Waals surface area (Å²) in [5.74, 6) is -4.49. The van der Waals surface area contributed by atoms with Crippen LogP contribution in [0.25, 0.3) is 11.0 Å². The zero-order chi connectivity index (χ0) is 42.2. The number of aromatic nitrogens is 2. The molecule has 1 aromatic carbocycles. The summed E-state index contributed by atoms with van der Waals surface area (Å²) in [5, 5.41) is 5.24. The molecule has 1 saturated heterocycles. The highest BCUT2D eigenvalue weighted by Crippen LogP contribution is 2.51. The number of nitrogens with zero attached hydrogens (tertiary/aromatic N) is 3. The van der Waals surface area contributed by atoms with Crippen molar-refractivity contribution in [2.45, 2.75) is 140 Å². The average molecular weight is 833 g/mol. The maximum atomic E-state index is 14.8. The Bertz CT molecular complexity index is 2110. The minimum Gasteiger partial charge on any atom is -0.497 e. The second-order valence-corrected chi connectivity index (χ2v) is 20.6. The number of carbonyl (C=O) groups is 4. The number of sulfonamides is 1. The largest absolute Gasteiger partial charge is 0.497 e.